The lowest BCUT2D eigenvalue weighted by atomic mass is 10.2. The second-order valence-corrected chi connectivity index (χ2v) is 8.71. The number of hydrogen-bond donors (Lipinski definition) is 0. The number of benzene rings is 1. The maximum absolute atomic E-state index is 13.7. The molecule has 9 heteroatoms. The van der Waals surface area contributed by atoms with Crippen LogP contribution >= 0.6 is 23.4 Å². The molecule has 0 saturated heterocycles. The van der Waals surface area contributed by atoms with E-state index in [0.717, 1.165) is 0 Å². The number of nitrogens with zero attached hydrogens (tertiary/aromatic N) is 4. The van der Waals surface area contributed by atoms with Crippen molar-refractivity contribution in [1.82, 2.24) is 15.0 Å². The Morgan fingerprint density at radius 1 is 1.15 bits per heavy atom. The summed E-state index contributed by atoms with van der Waals surface area (Å²) in [6, 6.07) is 15.0. The molecule has 0 aliphatic rings. The van der Waals surface area contributed by atoms with Crippen molar-refractivity contribution in [2.75, 3.05) is 6.26 Å². The van der Waals surface area contributed by atoms with Gasteiger partial charge in [0.2, 0.25) is 0 Å². The fourth-order valence-electron chi connectivity index (χ4n) is 2.26. The molecule has 0 bridgehead atoms. The van der Waals surface area contributed by atoms with Crippen LogP contribution in [-0.4, -0.2) is 31.3 Å². The molecule has 1 atom stereocenters. The maximum atomic E-state index is 13.7. The number of amides is 1. The number of hydrogen-bond acceptors (Lipinski definition) is 6. The Bertz CT molecular complexity index is 1070. The summed E-state index contributed by atoms with van der Waals surface area (Å²) < 4.78 is 17.7. The Hall–Kier alpha value is -2.29. The van der Waals surface area contributed by atoms with Crippen molar-refractivity contribution in [3.05, 3.63) is 77.2 Å². The molecule has 0 aliphatic heterocycles. The fraction of sp³-hybridized carbons (Fsp3) is 0.111. The lowest BCUT2D eigenvalue weighted by molar-refractivity contribution is 0.100. The first kappa shape index (κ1) is 19.5. The van der Waals surface area contributed by atoms with E-state index in [9.17, 15) is 9.00 Å². The Labute approximate surface area is 166 Å². The Morgan fingerprint density at radius 3 is 2.56 bits per heavy atom. The van der Waals surface area contributed by atoms with Gasteiger partial charge in [0.05, 0.1) is 11.4 Å². The summed E-state index contributed by atoms with van der Waals surface area (Å²) in [5.74, 6) is -0.672. The van der Waals surface area contributed by atoms with Gasteiger partial charge in [0.15, 0.2) is 5.16 Å². The Kier molecular flexibility index (Phi) is 6.20. The maximum Gasteiger partial charge on any atom is 0.285 e. The standard InChI is InChI=1S/C18H15ClN4O2S2/c1-26-18-21-14(11-15(19)22-18)12-27(25,16-9-5-6-10-20-16)23-17(24)13-7-3-2-4-8-13/h2-11H,12H2,1H3. The van der Waals surface area contributed by atoms with Gasteiger partial charge in [0, 0.05) is 11.8 Å². The predicted octanol–water partition coefficient (Wildman–Crippen LogP) is 4.11. The average molecular weight is 419 g/mol. The molecule has 3 rings (SSSR count). The summed E-state index contributed by atoms with van der Waals surface area (Å²) in [5, 5.41) is 0.908. The molecule has 2 heterocycles. The largest absolute Gasteiger partial charge is 0.285 e. The lowest BCUT2D eigenvalue weighted by Crippen LogP contribution is -2.12. The van der Waals surface area contributed by atoms with Crippen LogP contribution in [0.25, 0.3) is 0 Å². The highest BCUT2D eigenvalue weighted by Crippen LogP contribution is 2.21. The van der Waals surface area contributed by atoms with Crippen LogP contribution in [0.3, 0.4) is 0 Å². The van der Waals surface area contributed by atoms with Crippen LogP contribution < -0.4 is 0 Å². The van der Waals surface area contributed by atoms with Crippen molar-refractivity contribution in [2.24, 2.45) is 4.36 Å². The lowest BCUT2D eigenvalue weighted by Gasteiger charge is -2.10. The molecule has 6 nitrogen and oxygen atoms in total. The van der Waals surface area contributed by atoms with Gasteiger partial charge >= 0.3 is 0 Å². The second kappa shape index (κ2) is 8.60. The monoisotopic (exact) mass is 418 g/mol. The smallest absolute Gasteiger partial charge is 0.266 e. The van der Waals surface area contributed by atoms with Gasteiger partial charge in [0.25, 0.3) is 5.91 Å². The fourth-order valence-corrected chi connectivity index (χ4v) is 4.66. The van der Waals surface area contributed by atoms with Gasteiger partial charge in [-0.2, -0.15) is 4.36 Å². The summed E-state index contributed by atoms with van der Waals surface area (Å²) in [4.78, 5) is 25.1. The highest BCUT2D eigenvalue weighted by Gasteiger charge is 2.20. The summed E-state index contributed by atoms with van der Waals surface area (Å²) in [6.45, 7) is 0. The highest BCUT2D eigenvalue weighted by atomic mass is 35.5. The van der Waals surface area contributed by atoms with Crippen molar-refractivity contribution >= 4 is 39.0 Å². The number of pyridine rings is 1. The molecule has 27 heavy (non-hydrogen) atoms. The Morgan fingerprint density at radius 2 is 1.89 bits per heavy atom. The third-order valence-corrected chi connectivity index (χ3v) is 6.25. The number of thioether (sulfide) groups is 1. The zero-order valence-electron chi connectivity index (χ0n) is 14.3. The van der Waals surface area contributed by atoms with Crippen LogP contribution in [0.5, 0.6) is 0 Å². The average Bonchev–Trinajstić information content (AvgIpc) is 2.68. The minimum Gasteiger partial charge on any atom is -0.266 e. The van der Waals surface area contributed by atoms with E-state index in [1.165, 1.54) is 24.0 Å². The summed E-state index contributed by atoms with van der Waals surface area (Å²) >= 11 is 7.35. The van der Waals surface area contributed by atoms with E-state index in [2.05, 4.69) is 19.3 Å². The van der Waals surface area contributed by atoms with E-state index in [-0.39, 0.29) is 15.9 Å². The van der Waals surface area contributed by atoms with E-state index >= 15 is 0 Å². The first-order valence-electron chi connectivity index (χ1n) is 7.83. The van der Waals surface area contributed by atoms with E-state index in [4.69, 9.17) is 11.6 Å². The van der Waals surface area contributed by atoms with Crippen molar-refractivity contribution in [3.63, 3.8) is 0 Å². The van der Waals surface area contributed by atoms with Gasteiger partial charge in [-0.25, -0.2) is 19.2 Å². The van der Waals surface area contributed by atoms with Crippen LogP contribution in [-0.2, 0) is 15.5 Å². The molecular formula is C18H15ClN4O2S2. The van der Waals surface area contributed by atoms with Crippen molar-refractivity contribution in [3.8, 4) is 0 Å². The van der Waals surface area contributed by atoms with Gasteiger partial charge in [-0.15, -0.1) is 0 Å². The van der Waals surface area contributed by atoms with Crippen molar-refractivity contribution < 1.29 is 9.00 Å². The Balaban J connectivity index is 2.09. The third kappa shape index (κ3) is 4.91. The molecule has 0 aliphatic carbocycles. The van der Waals surface area contributed by atoms with Crippen LogP contribution in [0.1, 0.15) is 16.1 Å². The van der Waals surface area contributed by atoms with E-state index < -0.39 is 15.6 Å². The molecule has 1 amide bonds. The van der Waals surface area contributed by atoms with E-state index in [0.29, 0.717) is 16.4 Å². The molecule has 138 valence electrons. The number of halogens is 1. The topological polar surface area (TPSA) is 85.2 Å². The van der Waals surface area contributed by atoms with Crippen molar-refractivity contribution in [2.45, 2.75) is 15.9 Å². The molecule has 1 aromatic carbocycles. The summed E-state index contributed by atoms with van der Waals surface area (Å²) in [7, 11) is -3.20. The van der Waals surface area contributed by atoms with Gasteiger partial charge in [-0.3, -0.25) is 4.79 Å². The minimum atomic E-state index is -3.20. The molecule has 0 saturated carbocycles. The summed E-state index contributed by atoms with van der Waals surface area (Å²) in [5.41, 5.74) is 0.784. The number of carbonyl (C=O) groups excluding carboxylic acids is 1. The highest BCUT2D eigenvalue weighted by molar-refractivity contribution is 7.98. The first-order chi connectivity index (χ1) is 13.0. The van der Waals surface area contributed by atoms with Gasteiger partial charge < -0.3 is 0 Å². The van der Waals surface area contributed by atoms with Crippen LogP contribution in [0, 0.1) is 0 Å². The minimum absolute atomic E-state index is 0.0988. The van der Waals surface area contributed by atoms with Crippen molar-refractivity contribution in [1.29, 1.82) is 0 Å². The summed E-state index contributed by atoms with van der Waals surface area (Å²) in [6.07, 6.45) is 3.33. The molecule has 2 aromatic heterocycles. The van der Waals surface area contributed by atoms with E-state index in [1.807, 2.05) is 6.26 Å². The first-order valence-corrected chi connectivity index (χ1v) is 11.1. The molecule has 3 aromatic rings. The molecule has 0 spiro atoms. The van der Waals surface area contributed by atoms with E-state index in [1.54, 1.807) is 48.5 Å². The molecule has 0 radical (unpaired) electrons. The number of carbonyl (C=O) groups is 1. The zero-order chi connectivity index (χ0) is 19.3. The molecular weight excluding hydrogens is 404 g/mol. The van der Waals surface area contributed by atoms with Gasteiger partial charge in [-0.1, -0.05) is 47.6 Å². The molecule has 1 unspecified atom stereocenters. The normalized spacial score (nSPS) is 13.0. The van der Waals surface area contributed by atoms with Crippen LogP contribution in [0.2, 0.25) is 5.15 Å². The van der Waals surface area contributed by atoms with Crippen LogP contribution in [0.15, 0.2) is 75.3 Å². The number of rotatable bonds is 5. The molecule has 0 fully saturated rings. The quantitative estimate of drug-likeness (QED) is 0.352. The predicted molar refractivity (Wildman–Crippen MR) is 106 cm³/mol. The molecule has 0 N–H and O–H groups in total. The zero-order valence-corrected chi connectivity index (χ0v) is 16.7. The number of aromatic nitrogens is 3. The van der Waals surface area contributed by atoms with Gasteiger partial charge in [0.1, 0.15) is 19.9 Å². The SMILES string of the molecule is CSc1nc(Cl)cc(CS(=O)(=NC(=O)c2ccccc2)c2ccccn2)n1. The second-order valence-electron chi connectivity index (χ2n) is 5.38. The third-order valence-electron chi connectivity index (χ3n) is 3.47. The van der Waals surface area contributed by atoms with Gasteiger partial charge in [-0.05, 0) is 36.6 Å². The van der Waals surface area contributed by atoms with Crippen LogP contribution in [0.4, 0.5) is 0 Å².